The summed E-state index contributed by atoms with van der Waals surface area (Å²) in [5.41, 5.74) is 1.45. The standard InChI is InChI=1S/C14H9FN4O/c1-8-10(5-9(6-16)14(20)17-8)12-7-19-4-2-3-11(15)13(19)18-12/h2-5,7H,1H3,(H,17,20). The summed E-state index contributed by atoms with van der Waals surface area (Å²) in [5, 5.41) is 8.91. The fraction of sp³-hybridized carbons (Fsp3) is 0.0714. The summed E-state index contributed by atoms with van der Waals surface area (Å²) in [7, 11) is 0. The Hall–Kier alpha value is -2.94. The van der Waals surface area contributed by atoms with Crippen molar-refractivity contribution in [3.8, 4) is 17.3 Å². The summed E-state index contributed by atoms with van der Waals surface area (Å²) in [4.78, 5) is 18.3. The molecule has 98 valence electrons. The summed E-state index contributed by atoms with van der Waals surface area (Å²) in [6, 6.07) is 6.20. The van der Waals surface area contributed by atoms with Crippen molar-refractivity contribution >= 4 is 5.65 Å². The van der Waals surface area contributed by atoms with E-state index in [1.807, 2.05) is 6.07 Å². The van der Waals surface area contributed by atoms with Gasteiger partial charge in [-0.3, -0.25) is 4.79 Å². The lowest BCUT2D eigenvalue weighted by atomic mass is 10.1. The van der Waals surface area contributed by atoms with Gasteiger partial charge in [-0.05, 0) is 25.1 Å². The van der Waals surface area contributed by atoms with E-state index in [4.69, 9.17) is 5.26 Å². The van der Waals surface area contributed by atoms with Gasteiger partial charge in [-0.15, -0.1) is 0 Å². The van der Waals surface area contributed by atoms with Crippen molar-refractivity contribution in [3.05, 3.63) is 58.0 Å². The summed E-state index contributed by atoms with van der Waals surface area (Å²) >= 11 is 0. The summed E-state index contributed by atoms with van der Waals surface area (Å²) in [5.74, 6) is -0.429. The zero-order valence-corrected chi connectivity index (χ0v) is 10.5. The normalized spacial score (nSPS) is 10.7. The number of halogens is 1. The zero-order valence-electron chi connectivity index (χ0n) is 10.5. The molecule has 5 nitrogen and oxygen atoms in total. The number of imidazole rings is 1. The van der Waals surface area contributed by atoms with Crippen molar-refractivity contribution in [2.24, 2.45) is 0 Å². The van der Waals surface area contributed by atoms with Crippen molar-refractivity contribution in [1.82, 2.24) is 14.4 Å². The number of aromatic nitrogens is 3. The molecule has 0 amide bonds. The largest absolute Gasteiger partial charge is 0.325 e. The smallest absolute Gasteiger partial charge is 0.266 e. The number of nitrogens with one attached hydrogen (secondary N) is 1. The monoisotopic (exact) mass is 268 g/mol. The number of hydrogen-bond donors (Lipinski definition) is 1. The quantitative estimate of drug-likeness (QED) is 0.733. The maximum Gasteiger partial charge on any atom is 0.266 e. The van der Waals surface area contributed by atoms with Gasteiger partial charge in [-0.2, -0.15) is 5.26 Å². The van der Waals surface area contributed by atoms with E-state index >= 15 is 0 Å². The molecule has 0 saturated heterocycles. The van der Waals surface area contributed by atoms with Gasteiger partial charge in [-0.1, -0.05) is 0 Å². The summed E-state index contributed by atoms with van der Waals surface area (Å²) < 4.78 is 15.2. The molecule has 20 heavy (non-hydrogen) atoms. The zero-order chi connectivity index (χ0) is 14.3. The lowest BCUT2D eigenvalue weighted by Gasteiger charge is -2.02. The van der Waals surface area contributed by atoms with Gasteiger partial charge in [0, 0.05) is 23.7 Å². The molecule has 0 aliphatic heterocycles. The fourth-order valence-electron chi connectivity index (χ4n) is 2.08. The Balaban J connectivity index is 2.29. The molecule has 3 rings (SSSR count). The Morgan fingerprint density at radius 3 is 3.00 bits per heavy atom. The minimum atomic E-state index is -0.441. The van der Waals surface area contributed by atoms with Crippen LogP contribution in [0.15, 0.2) is 35.4 Å². The minimum Gasteiger partial charge on any atom is -0.325 e. The average molecular weight is 268 g/mol. The maximum absolute atomic E-state index is 13.6. The van der Waals surface area contributed by atoms with E-state index in [-0.39, 0.29) is 11.2 Å². The second kappa shape index (κ2) is 4.31. The first kappa shape index (κ1) is 12.1. The van der Waals surface area contributed by atoms with E-state index < -0.39 is 11.4 Å². The maximum atomic E-state index is 13.6. The molecule has 0 bridgehead atoms. The summed E-state index contributed by atoms with van der Waals surface area (Å²) in [6.45, 7) is 1.71. The van der Waals surface area contributed by atoms with E-state index in [9.17, 15) is 9.18 Å². The van der Waals surface area contributed by atoms with E-state index in [1.165, 1.54) is 12.1 Å². The van der Waals surface area contributed by atoms with Crippen LogP contribution in [0.2, 0.25) is 0 Å². The van der Waals surface area contributed by atoms with Gasteiger partial charge < -0.3 is 9.38 Å². The van der Waals surface area contributed by atoms with Crippen molar-refractivity contribution in [2.75, 3.05) is 0 Å². The Bertz CT molecular complexity index is 917. The lowest BCUT2D eigenvalue weighted by molar-refractivity contribution is 0.630. The fourth-order valence-corrected chi connectivity index (χ4v) is 2.08. The van der Waals surface area contributed by atoms with Gasteiger partial charge in [0.15, 0.2) is 11.5 Å². The van der Waals surface area contributed by atoms with Crippen LogP contribution in [0, 0.1) is 24.1 Å². The van der Waals surface area contributed by atoms with Gasteiger partial charge in [0.05, 0.1) is 5.69 Å². The number of fused-ring (bicyclic) bond motifs is 1. The van der Waals surface area contributed by atoms with Crippen molar-refractivity contribution in [1.29, 1.82) is 5.26 Å². The number of aromatic amines is 1. The molecule has 6 heteroatoms. The second-order valence-electron chi connectivity index (χ2n) is 4.38. The molecule has 0 radical (unpaired) electrons. The predicted octanol–water partition coefficient (Wildman–Crippen LogP) is 2.01. The third-order valence-electron chi connectivity index (χ3n) is 3.07. The molecule has 0 spiro atoms. The van der Waals surface area contributed by atoms with E-state index in [0.717, 1.165) is 0 Å². The SMILES string of the molecule is Cc1[nH]c(=O)c(C#N)cc1-c1cn2cccc(F)c2n1. The van der Waals surface area contributed by atoms with Crippen LogP contribution in [0.25, 0.3) is 16.9 Å². The van der Waals surface area contributed by atoms with Crippen LogP contribution in [-0.4, -0.2) is 14.4 Å². The number of H-pyrrole nitrogens is 1. The molecule has 0 aliphatic carbocycles. The topological polar surface area (TPSA) is 74.0 Å². The molecule has 0 unspecified atom stereocenters. The predicted molar refractivity (Wildman–Crippen MR) is 70.7 cm³/mol. The van der Waals surface area contributed by atoms with Crippen LogP contribution >= 0.6 is 0 Å². The molecule has 0 aromatic carbocycles. The van der Waals surface area contributed by atoms with E-state index in [2.05, 4.69) is 9.97 Å². The van der Waals surface area contributed by atoms with Crippen LogP contribution in [0.1, 0.15) is 11.3 Å². The Morgan fingerprint density at radius 2 is 2.30 bits per heavy atom. The molecule has 3 heterocycles. The Labute approximate surface area is 112 Å². The van der Waals surface area contributed by atoms with Crippen LogP contribution in [-0.2, 0) is 0 Å². The van der Waals surface area contributed by atoms with Crippen LogP contribution < -0.4 is 5.56 Å². The molecule has 0 aliphatic rings. The van der Waals surface area contributed by atoms with Crippen LogP contribution in [0.5, 0.6) is 0 Å². The van der Waals surface area contributed by atoms with Gasteiger partial charge in [0.25, 0.3) is 5.56 Å². The van der Waals surface area contributed by atoms with Gasteiger partial charge >= 0.3 is 0 Å². The van der Waals surface area contributed by atoms with Gasteiger partial charge in [0.2, 0.25) is 0 Å². The minimum absolute atomic E-state index is 0.00290. The number of aryl methyl sites for hydroxylation is 1. The van der Waals surface area contributed by atoms with Gasteiger partial charge in [0.1, 0.15) is 11.6 Å². The molecule has 1 N–H and O–H groups in total. The number of pyridine rings is 2. The number of hydrogen-bond acceptors (Lipinski definition) is 3. The summed E-state index contributed by atoms with van der Waals surface area (Å²) in [6.07, 6.45) is 3.33. The third kappa shape index (κ3) is 1.77. The highest BCUT2D eigenvalue weighted by Gasteiger charge is 2.12. The Kier molecular flexibility index (Phi) is 2.61. The van der Waals surface area contributed by atoms with Crippen LogP contribution in [0.4, 0.5) is 4.39 Å². The molecule has 3 aromatic heterocycles. The molecular formula is C14H9FN4O. The molecule has 0 fully saturated rings. The molecule has 3 aromatic rings. The second-order valence-corrected chi connectivity index (χ2v) is 4.38. The highest BCUT2D eigenvalue weighted by atomic mass is 19.1. The van der Waals surface area contributed by atoms with Crippen molar-refractivity contribution < 1.29 is 4.39 Å². The third-order valence-corrected chi connectivity index (χ3v) is 3.07. The lowest BCUT2D eigenvalue weighted by Crippen LogP contribution is -2.11. The first-order chi connectivity index (χ1) is 9.60. The van der Waals surface area contributed by atoms with Gasteiger partial charge in [-0.25, -0.2) is 9.37 Å². The van der Waals surface area contributed by atoms with Crippen molar-refractivity contribution in [2.45, 2.75) is 6.92 Å². The first-order valence-electron chi connectivity index (χ1n) is 5.88. The highest BCUT2D eigenvalue weighted by molar-refractivity contribution is 5.66. The van der Waals surface area contributed by atoms with Crippen molar-refractivity contribution in [3.63, 3.8) is 0 Å². The average Bonchev–Trinajstić information content (AvgIpc) is 2.84. The van der Waals surface area contributed by atoms with E-state index in [0.29, 0.717) is 17.0 Å². The Morgan fingerprint density at radius 1 is 1.50 bits per heavy atom. The molecular weight excluding hydrogens is 259 g/mol. The highest BCUT2D eigenvalue weighted by Crippen LogP contribution is 2.22. The number of rotatable bonds is 1. The number of nitrogens with zero attached hydrogens (tertiary/aromatic N) is 3. The van der Waals surface area contributed by atoms with Crippen LogP contribution in [0.3, 0.4) is 0 Å². The number of nitriles is 1. The van der Waals surface area contributed by atoms with E-state index in [1.54, 1.807) is 29.8 Å². The first-order valence-corrected chi connectivity index (χ1v) is 5.88. The molecule has 0 atom stereocenters. The molecule has 0 saturated carbocycles.